The number of carboxylic acids is 1. The summed E-state index contributed by atoms with van der Waals surface area (Å²) in [5.41, 5.74) is 18.0. The number of urea groups is 1. The van der Waals surface area contributed by atoms with E-state index in [1.54, 1.807) is 0 Å². The Morgan fingerprint density at radius 2 is 2.06 bits per heavy atom. The molecule has 178 valence electrons. The number of rotatable bonds is 10. The van der Waals surface area contributed by atoms with Crippen molar-refractivity contribution in [2.45, 2.75) is 50.2 Å². The molecule has 0 aliphatic carbocycles. The number of nitrogens with two attached hydrogens (primary N) is 3. The van der Waals surface area contributed by atoms with Crippen molar-refractivity contribution in [1.82, 2.24) is 20.4 Å². The quantitative estimate of drug-likeness (QED) is 0.193. The van der Waals surface area contributed by atoms with Crippen LogP contribution in [0.4, 0.5) is 4.79 Å². The van der Waals surface area contributed by atoms with Crippen LogP contribution in [-0.2, 0) is 11.2 Å². The van der Waals surface area contributed by atoms with Gasteiger partial charge in [-0.1, -0.05) is 35.5 Å². The molecule has 1 aliphatic rings. The fourth-order valence-corrected chi connectivity index (χ4v) is 3.76. The van der Waals surface area contributed by atoms with E-state index >= 15 is 0 Å². The molecule has 12 nitrogen and oxygen atoms in total. The first-order valence-corrected chi connectivity index (χ1v) is 10.8. The smallest absolute Gasteiger partial charge is 0.326 e. The summed E-state index contributed by atoms with van der Waals surface area (Å²) in [5, 5.41) is 16.2. The number of aliphatic carboxylic acids is 1. The first kappa shape index (κ1) is 24.0. The average molecular weight is 459 g/mol. The maximum absolute atomic E-state index is 12.8. The molecule has 1 aromatic heterocycles. The molecule has 3 rings (SSSR count). The number of nitrogens with one attached hydrogen (secondary N) is 1. The second-order valence-electron chi connectivity index (χ2n) is 7.93. The summed E-state index contributed by atoms with van der Waals surface area (Å²) in [7, 11) is 0. The van der Waals surface area contributed by atoms with Crippen molar-refractivity contribution in [3.63, 3.8) is 0 Å². The van der Waals surface area contributed by atoms with Crippen LogP contribution in [-0.4, -0.2) is 57.2 Å². The zero-order chi connectivity index (χ0) is 23.8. The van der Waals surface area contributed by atoms with Crippen LogP contribution in [0.15, 0.2) is 39.8 Å². The van der Waals surface area contributed by atoms with Crippen molar-refractivity contribution in [3.05, 3.63) is 47.6 Å². The largest absolute Gasteiger partial charge is 0.480 e. The maximum atomic E-state index is 12.8. The molecular formula is C21H30N8O4. The number of aliphatic imine (C=N–C) groups is 1. The predicted molar refractivity (Wildman–Crippen MR) is 120 cm³/mol. The van der Waals surface area contributed by atoms with E-state index in [0.29, 0.717) is 51.0 Å². The van der Waals surface area contributed by atoms with Crippen molar-refractivity contribution in [2.24, 2.45) is 22.2 Å². The number of amides is 2. The van der Waals surface area contributed by atoms with Crippen molar-refractivity contribution in [3.8, 4) is 0 Å². The standard InChI is InChI=1S/C21H30N8O4/c22-14(12-13-6-2-1-3-7-13)17-27-18(33-28-17)15(8-4-10-25-20(23)24)26-21(32)29-11-5-9-16(29)19(30)31/h1-3,6-7,14-16H,4-5,8-12,22H2,(H,26,32)(H,30,31)(H4,23,24,25)/t14-,15-,16+/m0/s1. The third-order valence-corrected chi connectivity index (χ3v) is 5.43. The number of guanidine groups is 1. The van der Waals surface area contributed by atoms with E-state index in [1.807, 2.05) is 30.3 Å². The number of likely N-dealkylation sites (tertiary alicyclic amines) is 1. The van der Waals surface area contributed by atoms with Gasteiger partial charge in [0.15, 0.2) is 11.8 Å². The highest BCUT2D eigenvalue weighted by Crippen LogP contribution is 2.23. The molecule has 0 radical (unpaired) electrons. The number of hydrogen-bond donors (Lipinski definition) is 5. The summed E-state index contributed by atoms with van der Waals surface area (Å²) < 4.78 is 5.43. The van der Waals surface area contributed by atoms with E-state index in [4.69, 9.17) is 21.7 Å². The van der Waals surface area contributed by atoms with Gasteiger partial charge in [-0.25, -0.2) is 9.59 Å². The lowest BCUT2D eigenvalue weighted by molar-refractivity contribution is -0.141. The van der Waals surface area contributed by atoms with E-state index in [2.05, 4.69) is 20.4 Å². The Kier molecular flexibility index (Phi) is 8.19. The minimum absolute atomic E-state index is 0.0242. The molecule has 3 atom stereocenters. The number of carbonyl (C=O) groups excluding carboxylic acids is 1. The first-order valence-electron chi connectivity index (χ1n) is 10.8. The van der Waals surface area contributed by atoms with E-state index in [0.717, 1.165) is 5.56 Å². The van der Waals surface area contributed by atoms with Gasteiger partial charge in [0.25, 0.3) is 0 Å². The van der Waals surface area contributed by atoms with Crippen molar-refractivity contribution >= 4 is 18.0 Å². The topological polar surface area (TPSA) is 199 Å². The summed E-state index contributed by atoms with van der Waals surface area (Å²) >= 11 is 0. The lowest BCUT2D eigenvalue weighted by atomic mass is 10.1. The Labute approximate surface area is 191 Å². The fraction of sp³-hybridized carbons (Fsp3) is 0.476. The molecule has 0 unspecified atom stereocenters. The highest BCUT2D eigenvalue weighted by Gasteiger charge is 2.35. The van der Waals surface area contributed by atoms with Gasteiger partial charge < -0.3 is 37.0 Å². The molecule has 0 bridgehead atoms. The highest BCUT2D eigenvalue weighted by molar-refractivity contribution is 5.83. The molecule has 1 saturated heterocycles. The number of nitrogens with zero attached hydrogens (tertiary/aromatic N) is 4. The summed E-state index contributed by atoms with van der Waals surface area (Å²) in [6.45, 7) is 0.714. The Hall–Kier alpha value is -3.67. The fourth-order valence-electron chi connectivity index (χ4n) is 3.76. The number of carboxylic acid groups (broad SMARTS) is 1. The molecule has 0 saturated carbocycles. The Bertz CT molecular complexity index is 960. The molecule has 1 aromatic carbocycles. The maximum Gasteiger partial charge on any atom is 0.326 e. The number of benzene rings is 1. The molecule has 33 heavy (non-hydrogen) atoms. The minimum Gasteiger partial charge on any atom is -0.480 e. The van der Waals surface area contributed by atoms with Crippen LogP contribution < -0.4 is 22.5 Å². The second kappa shape index (κ2) is 11.3. The zero-order valence-corrected chi connectivity index (χ0v) is 18.3. The van der Waals surface area contributed by atoms with Crippen molar-refractivity contribution in [2.75, 3.05) is 13.1 Å². The van der Waals surface area contributed by atoms with Gasteiger partial charge in [0.05, 0.1) is 6.04 Å². The Morgan fingerprint density at radius 3 is 2.76 bits per heavy atom. The van der Waals surface area contributed by atoms with E-state index in [1.165, 1.54) is 4.90 Å². The van der Waals surface area contributed by atoms with Gasteiger partial charge in [0.2, 0.25) is 5.89 Å². The van der Waals surface area contributed by atoms with Crippen LogP contribution in [0.1, 0.15) is 55.0 Å². The van der Waals surface area contributed by atoms with Gasteiger partial charge in [-0.15, -0.1) is 0 Å². The molecule has 12 heteroatoms. The molecule has 8 N–H and O–H groups in total. The van der Waals surface area contributed by atoms with Gasteiger partial charge in [-0.2, -0.15) is 4.98 Å². The monoisotopic (exact) mass is 458 g/mol. The molecule has 2 aromatic rings. The number of hydrogen-bond acceptors (Lipinski definition) is 7. The highest BCUT2D eigenvalue weighted by atomic mass is 16.5. The van der Waals surface area contributed by atoms with Crippen molar-refractivity contribution in [1.29, 1.82) is 0 Å². The zero-order valence-electron chi connectivity index (χ0n) is 18.3. The average Bonchev–Trinajstić information content (AvgIpc) is 3.46. The lowest BCUT2D eigenvalue weighted by Crippen LogP contribution is -2.47. The molecule has 2 heterocycles. The second-order valence-corrected chi connectivity index (χ2v) is 7.93. The van der Waals surface area contributed by atoms with Crippen molar-refractivity contribution < 1.29 is 19.2 Å². The predicted octanol–water partition coefficient (Wildman–Crippen LogP) is 0.665. The van der Waals surface area contributed by atoms with Crippen LogP contribution in [0.2, 0.25) is 0 Å². The minimum atomic E-state index is -1.03. The van der Waals surface area contributed by atoms with Gasteiger partial charge in [0, 0.05) is 13.1 Å². The molecule has 0 spiro atoms. The summed E-state index contributed by atoms with van der Waals surface area (Å²) in [4.78, 5) is 34.0. The summed E-state index contributed by atoms with van der Waals surface area (Å²) in [6.07, 6.45) is 2.49. The summed E-state index contributed by atoms with van der Waals surface area (Å²) in [5.74, 6) is -0.539. The first-order chi connectivity index (χ1) is 15.8. The lowest BCUT2D eigenvalue weighted by Gasteiger charge is -2.24. The van der Waals surface area contributed by atoms with Crippen LogP contribution >= 0.6 is 0 Å². The third kappa shape index (κ3) is 6.65. The normalized spacial score (nSPS) is 17.4. The van der Waals surface area contributed by atoms with Gasteiger partial charge in [-0.3, -0.25) is 4.99 Å². The van der Waals surface area contributed by atoms with Gasteiger partial charge in [0.1, 0.15) is 12.1 Å². The van der Waals surface area contributed by atoms with Gasteiger partial charge in [-0.05, 0) is 37.7 Å². The van der Waals surface area contributed by atoms with Crippen LogP contribution in [0.3, 0.4) is 0 Å². The van der Waals surface area contributed by atoms with E-state index in [-0.39, 0.29) is 11.9 Å². The Morgan fingerprint density at radius 1 is 1.30 bits per heavy atom. The third-order valence-electron chi connectivity index (χ3n) is 5.43. The Balaban J connectivity index is 1.71. The summed E-state index contributed by atoms with van der Waals surface area (Å²) in [6, 6.07) is 7.20. The van der Waals surface area contributed by atoms with E-state index in [9.17, 15) is 14.7 Å². The molecule has 1 fully saturated rings. The number of carbonyl (C=O) groups is 2. The SMILES string of the molecule is NC(N)=NCCC[C@H](NC(=O)N1CCC[C@@H]1C(=O)O)c1nc([C@@H](N)Cc2ccccc2)no1. The van der Waals surface area contributed by atoms with Crippen LogP contribution in [0.25, 0.3) is 0 Å². The molecule has 1 aliphatic heterocycles. The molecule has 2 amide bonds. The van der Waals surface area contributed by atoms with Gasteiger partial charge >= 0.3 is 12.0 Å². The molecular weight excluding hydrogens is 428 g/mol. The van der Waals surface area contributed by atoms with Crippen LogP contribution in [0, 0.1) is 0 Å². The van der Waals surface area contributed by atoms with Crippen LogP contribution in [0.5, 0.6) is 0 Å². The number of aromatic nitrogens is 2. The van der Waals surface area contributed by atoms with E-state index < -0.39 is 30.1 Å².